The van der Waals surface area contributed by atoms with Crippen LogP contribution in [0.2, 0.25) is 0 Å². The topological polar surface area (TPSA) is 99.8 Å². The number of rotatable bonds is 10. The molecule has 8 heteroatoms. The maximum atomic E-state index is 12.2. The fraction of sp³-hybridized carbons (Fsp3) is 0.320. The highest BCUT2D eigenvalue weighted by molar-refractivity contribution is 5.94. The van der Waals surface area contributed by atoms with Crippen LogP contribution in [0.1, 0.15) is 17.5 Å². The summed E-state index contributed by atoms with van der Waals surface area (Å²) in [7, 11) is 0. The van der Waals surface area contributed by atoms with Gasteiger partial charge in [-0.15, -0.1) is 0 Å². The SMILES string of the molecule is O=C(/C=C/c1ccccc1)NCC(=O)NCc1cccc(NC(=O)CCN2CCOCC2)c1. The summed E-state index contributed by atoms with van der Waals surface area (Å²) in [6, 6.07) is 16.8. The second-order valence-electron chi connectivity index (χ2n) is 7.69. The smallest absolute Gasteiger partial charge is 0.244 e. The average molecular weight is 451 g/mol. The van der Waals surface area contributed by atoms with Crippen molar-refractivity contribution in [1.82, 2.24) is 15.5 Å². The number of nitrogens with one attached hydrogen (secondary N) is 3. The molecule has 0 saturated carbocycles. The Bertz CT molecular complexity index is 956. The Balaban J connectivity index is 1.36. The molecule has 3 amide bonds. The van der Waals surface area contributed by atoms with Crippen LogP contribution in [0.5, 0.6) is 0 Å². The molecule has 3 N–H and O–H groups in total. The molecule has 33 heavy (non-hydrogen) atoms. The van der Waals surface area contributed by atoms with Crippen LogP contribution in [0.15, 0.2) is 60.7 Å². The Morgan fingerprint density at radius 2 is 1.73 bits per heavy atom. The Morgan fingerprint density at radius 3 is 2.52 bits per heavy atom. The van der Waals surface area contributed by atoms with Gasteiger partial charge in [-0.1, -0.05) is 42.5 Å². The van der Waals surface area contributed by atoms with E-state index < -0.39 is 0 Å². The third-order valence-electron chi connectivity index (χ3n) is 5.11. The van der Waals surface area contributed by atoms with Gasteiger partial charge in [-0.3, -0.25) is 19.3 Å². The van der Waals surface area contributed by atoms with Gasteiger partial charge in [0, 0.05) is 44.4 Å². The predicted octanol–water partition coefficient (Wildman–Crippen LogP) is 1.79. The first kappa shape index (κ1) is 24.2. The van der Waals surface area contributed by atoms with E-state index in [1.165, 1.54) is 6.08 Å². The van der Waals surface area contributed by atoms with E-state index in [9.17, 15) is 14.4 Å². The lowest BCUT2D eigenvalue weighted by Gasteiger charge is -2.26. The molecule has 1 saturated heterocycles. The molecule has 0 radical (unpaired) electrons. The number of carbonyl (C=O) groups excluding carboxylic acids is 3. The zero-order valence-corrected chi connectivity index (χ0v) is 18.6. The van der Waals surface area contributed by atoms with Gasteiger partial charge in [-0.25, -0.2) is 0 Å². The minimum atomic E-state index is -0.337. The highest BCUT2D eigenvalue weighted by Gasteiger charge is 2.12. The second kappa shape index (κ2) is 13.1. The summed E-state index contributed by atoms with van der Waals surface area (Å²) >= 11 is 0. The zero-order chi connectivity index (χ0) is 23.3. The lowest BCUT2D eigenvalue weighted by molar-refractivity contribution is -0.124. The Morgan fingerprint density at radius 1 is 0.939 bits per heavy atom. The highest BCUT2D eigenvalue weighted by atomic mass is 16.5. The molecule has 1 heterocycles. The molecular weight excluding hydrogens is 420 g/mol. The van der Waals surface area contributed by atoms with E-state index >= 15 is 0 Å². The lowest BCUT2D eigenvalue weighted by Crippen LogP contribution is -2.38. The van der Waals surface area contributed by atoms with Crippen LogP contribution >= 0.6 is 0 Å². The van der Waals surface area contributed by atoms with Crippen LogP contribution in [0, 0.1) is 0 Å². The molecule has 1 aliphatic heterocycles. The van der Waals surface area contributed by atoms with Gasteiger partial charge < -0.3 is 20.7 Å². The van der Waals surface area contributed by atoms with Crippen LogP contribution in [0.4, 0.5) is 5.69 Å². The van der Waals surface area contributed by atoms with E-state index in [4.69, 9.17) is 4.74 Å². The molecule has 1 fully saturated rings. The average Bonchev–Trinajstić information content (AvgIpc) is 2.85. The number of amides is 3. The van der Waals surface area contributed by atoms with E-state index in [1.807, 2.05) is 54.6 Å². The molecule has 0 spiro atoms. The van der Waals surface area contributed by atoms with E-state index in [2.05, 4.69) is 20.9 Å². The molecule has 1 aliphatic rings. The van der Waals surface area contributed by atoms with Crippen molar-refractivity contribution >= 4 is 29.5 Å². The minimum Gasteiger partial charge on any atom is -0.379 e. The second-order valence-corrected chi connectivity index (χ2v) is 7.69. The minimum absolute atomic E-state index is 0.0473. The zero-order valence-electron chi connectivity index (χ0n) is 18.6. The van der Waals surface area contributed by atoms with Gasteiger partial charge in [0.15, 0.2) is 0 Å². The van der Waals surface area contributed by atoms with Gasteiger partial charge in [0.1, 0.15) is 0 Å². The van der Waals surface area contributed by atoms with Crippen molar-refractivity contribution in [2.45, 2.75) is 13.0 Å². The number of hydrogen-bond donors (Lipinski definition) is 3. The first-order valence-corrected chi connectivity index (χ1v) is 11.0. The number of ether oxygens (including phenoxy) is 1. The van der Waals surface area contributed by atoms with Gasteiger partial charge in [0.25, 0.3) is 0 Å². The maximum Gasteiger partial charge on any atom is 0.244 e. The van der Waals surface area contributed by atoms with E-state index in [0.717, 1.165) is 24.2 Å². The Labute approximate surface area is 194 Å². The molecule has 3 rings (SSSR count). The Hall–Kier alpha value is -3.49. The van der Waals surface area contributed by atoms with Crippen LogP contribution in [0.25, 0.3) is 6.08 Å². The Kier molecular flexibility index (Phi) is 9.63. The molecule has 2 aromatic carbocycles. The third kappa shape index (κ3) is 9.26. The number of morpholine rings is 1. The standard InChI is InChI=1S/C25H30N4O4/c30-23(10-9-20-5-2-1-3-6-20)27-19-25(32)26-18-21-7-4-8-22(17-21)28-24(31)11-12-29-13-15-33-16-14-29/h1-10,17H,11-16,18-19H2,(H,26,32)(H,27,30)(H,28,31)/b10-9+. The van der Waals surface area contributed by atoms with Crippen molar-refractivity contribution in [2.75, 3.05) is 44.7 Å². The summed E-state index contributed by atoms with van der Waals surface area (Å²) < 4.78 is 5.31. The largest absolute Gasteiger partial charge is 0.379 e. The summed E-state index contributed by atoms with van der Waals surface area (Å²) in [5.41, 5.74) is 2.45. The summed E-state index contributed by atoms with van der Waals surface area (Å²) in [6.45, 7) is 4.02. The van der Waals surface area contributed by atoms with Gasteiger partial charge in [-0.05, 0) is 29.3 Å². The van der Waals surface area contributed by atoms with E-state index in [-0.39, 0.29) is 24.3 Å². The van der Waals surface area contributed by atoms with Gasteiger partial charge in [0.05, 0.1) is 19.8 Å². The van der Waals surface area contributed by atoms with Crippen LogP contribution in [0.3, 0.4) is 0 Å². The van der Waals surface area contributed by atoms with Crippen LogP contribution in [-0.2, 0) is 25.7 Å². The number of anilines is 1. The monoisotopic (exact) mass is 450 g/mol. The van der Waals surface area contributed by atoms with Crippen molar-refractivity contribution in [3.63, 3.8) is 0 Å². The molecule has 174 valence electrons. The normalized spacial score (nSPS) is 14.1. The molecule has 0 aliphatic carbocycles. The highest BCUT2D eigenvalue weighted by Crippen LogP contribution is 2.11. The summed E-state index contributed by atoms with van der Waals surface area (Å²) in [5, 5.41) is 8.23. The van der Waals surface area contributed by atoms with E-state index in [1.54, 1.807) is 6.08 Å². The molecular formula is C25H30N4O4. The van der Waals surface area contributed by atoms with Crippen molar-refractivity contribution in [3.8, 4) is 0 Å². The third-order valence-corrected chi connectivity index (χ3v) is 5.11. The van der Waals surface area contributed by atoms with Gasteiger partial charge in [-0.2, -0.15) is 0 Å². The number of nitrogens with zero attached hydrogens (tertiary/aromatic N) is 1. The molecule has 2 aromatic rings. The predicted molar refractivity (Wildman–Crippen MR) is 127 cm³/mol. The van der Waals surface area contributed by atoms with E-state index in [0.29, 0.717) is 38.4 Å². The van der Waals surface area contributed by atoms with Gasteiger partial charge >= 0.3 is 0 Å². The first-order chi connectivity index (χ1) is 16.1. The van der Waals surface area contributed by atoms with Gasteiger partial charge in [0.2, 0.25) is 17.7 Å². The molecule has 0 aromatic heterocycles. The van der Waals surface area contributed by atoms with Crippen LogP contribution < -0.4 is 16.0 Å². The van der Waals surface area contributed by atoms with Crippen molar-refractivity contribution in [1.29, 1.82) is 0 Å². The van der Waals surface area contributed by atoms with Crippen LogP contribution in [-0.4, -0.2) is 62.0 Å². The molecule has 0 bridgehead atoms. The molecule has 0 unspecified atom stereocenters. The number of carbonyl (C=O) groups is 3. The number of benzene rings is 2. The number of hydrogen-bond acceptors (Lipinski definition) is 5. The summed E-state index contributed by atoms with van der Waals surface area (Å²) in [5.74, 6) is -0.679. The summed E-state index contributed by atoms with van der Waals surface area (Å²) in [6.07, 6.45) is 3.50. The van der Waals surface area contributed by atoms with Crippen molar-refractivity contribution < 1.29 is 19.1 Å². The van der Waals surface area contributed by atoms with Crippen molar-refractivity contribution in [3.05, 3.63) is 71.8 Å². The van der Waals surface area contributed by atoms with Crippen molar-refractivity contribution in [2.24, 2.45) is 0 Å². The molecule has 0 atom stereocenters. The molecule has 8 nitrogen and oxygen atoms in total. The first-order valence-electron chi connectivity index (χ1n) is 11.0. The fourth-order valence-electron chi connectivity index (χ4n) is 3.29. The quantitative estimate of drug-likeness (QED) is 0.480. The summed E-state index contributed by atoms with van der Waals surface area (Å²) in [4.78, 5) is 38.4. The maximum absolute atomic E-state index is 12.2. The lowest BCUT2D eigenvalue weighted by atomic mass is 10.2. The fourth-order valence-corrected chi connectivity index (χ4v) is 3.29.